The van der Waals surface area contributed by atoms with Crippen LogP contribution in [0, 0.1) is 6.92 Å². The molecular formula is C22H16O4. The molecule has 0 fully saturated rings. The molecule has 0 radical (unpaired) electrons. The lowest BCUT2D eigenvalue weighted by Gasteiger charge is -2.21. The molecule has 4 rings (SSSR count). The van der Waals surface area contributed by atoms with Gasteiger partial charge in [-0.05, 0) is 30.7 Å². The van der Waals surface area contributed by atoms with E-state index < -0.39 is 5.97 Å². The van der Waals surface area contributed by atoms with E-state index >= 15 is 0 Å². The van der Waals surface area contributed by atoms with E-state index in [0.717, 1.165) is 10.9 Å². The predicted molar refractivity (Wildman–Crippen MR) is 97.9 cm³/mol. The van der Waals surface area contributed by atoms with Crippen molar-refractivity contribution in [3.63, 3.8) is 0 Å². The van der Waals surface area contributed by atoms with Crippen molar-refractivity contribution in [1.82, 2.24) is 0 Å². The molecule has 0 amide bonds. The molecule has 1 aliphatic rings. The Balaban J connectivity index is 2.13. The van der Waals surface area contributed by atoms with Gasteiger partial charge in [-0.15, -0.1) is 0 Å². The SMILES string of the molecule is CCOC(=O)c1c2c(cc3ccc(C)cc13)C(=O)c1ccccc1C2=O. The number of aryl methyl sites for hydroxylation is 1. The molecule has 0 aromatic heterocycles. The first-order valence-corrected chi connectivity index (χ1v) is 8.46. The number of carbonyl (C=O) groups excluding carboxylic acids is 3. The Hall–Kier alpha value is -3.27. The number of hydrogen-bond donors (Lipinski definition) is 0. The molecule has 4 nitrogen and oxygen atoms in total. The van der Waals surface area contributed by atoms with Crippen LogP contribution in [-0.2, 0) is 4.74 Å². The summed E-state index contributed by atoms with van der Waals surface area (Å²) >= 11 is 0. The van der Waals surface area contributed by atoms with E-state index in [0.29, 0.717) is 16.5 Å². The van der Waals surface area contributed by atoms with Gasteiger partial charge in [0.1, 0.15) is 0 Å². The zero-order chi connectivity index (χ0) is 18.4. The second-order valence-corrected chi connectivity index (χ2v) is 6.32. The molecular weight excluding hydrogens is 328 g/mol. The van der Waals surface area contributed by atoms with Gasteiger partial charge in [-0.2, -0.15) is 0 Å². The average molecular weight is 344 g/mol. The topological polar surface area (TPSA) is 60.4 Å². The van der Waals surface area contributed by atoms with E-state index in [-0.39, 0.29) is 34.9 Å². The fourth-order valence-electron chi connectivity index (χ4n) is 3.50. The Morgan fingerprint density at radius 3 is 2.31 bits per heavy atom. The van der Waals surface area contributed by atoms with Crippen LogP contribution in [0.25, 0.3) is 10.8 Å². The number of carbonyl (C=O) groups is 3. The van der Waals surface area contributed by atoms with Crippen LogP contribution in [0.4, 0.5) is 0 Å². The molecule has 0 spiro atoms. The minimum Gasteiger partial charge on any atom is -0.462 e. The third-order valence-corrected chi connectivity index (χ3v) is 4.66. The highest BCUT2D eigenvalue weighted by Crippen LogP contribution is 2.35. The van der Waals surface area contributed by atoms with Gasteiger partial charge in [-0.3, -0.25) is 9.59 Å². The first-order valence-electron chi connectivity index (χ1n) is 8.46. The van der Waals surface area contributed by atoms with Crippen molar-refractivity contribution < 1.29 is 19.1 Å². The maximum absolute atomic E-state index is 13.2. The van der Waals surface area contributed by atoms with Gasteiger partial charge in [0.15, 0.2) is 11.6 Å². The summed E-state index contributed by atoms with van der Waals surface area (Å²) in [5, 5.41) is 1.36. The molecule has 26 heavy (non-hydrogen) atoms. The van der Waals surface area contributed by atoms with Crippen LogP contribution in [0.5, 0.6) is 0 Å². The molecule has 0 aliphatic heterocycles. The van der Waals surface area contributed by atoms with Crippen LogP contribution in [0.2, 0.25) is 0 Å². The highest BCUT2D eigenvalue weighted by atomic mass is 16.5. The molecule has 0 N–H and O–H groups in total. The number of ketones is 2. The highest BCUT2D eigenvalue weighted by molar-refractivity contribution is 6.32. The fourth-order valence-corrected chi connectivity index (χ4v) is 3.50. The fraction of sp³-hybridized carbons (Fsp3) is 0.136. The number of fused-ring (bicyclic) bond motifs is 3. The first kappa shape index (κ1) is 16.2. The Morgan fingerprint density at radius 2 is 1.62 bits per heavy atom. The summed E-state index contributed by atoms with van der Waals surface area (Å²) in [7, 11) is 0. The van der Waals surface area contributed by atoms with Gasteiger partial charge in [0.25, 0.3) is 0 Å². The molecule has 1 aliphatic carbocycles. The van der Waals surface area contributed by atoms with E-state index in [4.69, 9.17) is 4.74 Å². The van der Waals surface area contributed by atoms with Gasteiger partial charge in [0.2, 0.25) is 0 Å². The Labute approximate surface area is 150 Å². The zero-order valence-electron chi connectivity index (χ0n) is 14.5. The molecule has 0 saturated heterocycles. The standard InChI is InChI=1S/C22H16O4/c1-3-26-22(25)19-16-10-12(2)8-9-13(16)11-17-18(19)21(24)15-7-5-4-6-14(15)20(17)23/h4-11H,3H2,1-2H3. The van der Waals surface area contributed by atoms with Gasteiger partial charge >= 0.3 is 5.97 Å². The van der Waals surface area contributed by atoms with E-state index in [9.17, 15) is 14.4 Å². The monoisotopic (exact) mass is 344 g/mol. The predicted octanol–water partition coefficient (Wildman–Crippen LogP) is 4.10. The summed E-state index contributed by atoms with van der Waals surface area (Å²) in [6, 6.07) is 14.0. The third kappa shape index (κ3) is 2.26. The lowest BCUT2D eigenvalue weighted by Crippen LogP contribution is -2.25. The van der Waals surface area contributed by atoms with Crippen LogP contribution < -0.4 is 0 Å². The van der Waals surface area contributed by atoms with Crippen LogP contribution in [0.3, 0.4) is 0 Å². The normalized spacial score (nSPS) is 12.7. The Bertz CT molecular complexity index is 1110. The molecule has 0 atom stereocenters. The minimum atomic E-state index is -0.583. The third-order valence-electron chi connectivity index (χ3n) is 4.66. The van der Waals surface area contributed by atoms with E-state index in [1.807, 2.05) is 25.1 Å². The lowest BCUT2D eigenvalue weighted by molar-refractivity contribution is 0.0526. The summed E-state index contributed by atoms with van der Waals surface area (Å²) in [5.74, 6) is -1.15. The maximum atomic E-state index is 13.2. The van der Waals surface area contributed by atoms with Crippen LogP contribution in [-0.4, -0.2) is 24.1 Å². The quantitative estimate of drug-likeness (QED) is 0.514. The van der Waals surface area contributed by atoms with Crippen molar-refractivity contribution in [2.75, 3.05) is 6.61 Å². The number of rotatable bonds is 2. The van der Waals surface area contributed by atoms with Crippen molar-refractivity contribution in [2.24, 2.45) is 0 Å². The van der Waals surface area contributed by atoms with E-state index in [2.05, 4.69) is 0 Å². The van der Waals surface area contributed by atoms with Gasteiger partial charge in [0.05, 0.1) is 12.2 Å². The number of esters is 1. The summed E-state index contributed by atoms with van der Waals surface area (Å²) in [5.41, 5.74) is 2.22. The van der Waals surface area contributed by atoms with Crippen LogP contribution in [0.1, 0.15) is 54.7 Å². The second kappa shape index (κ2) is 5.92. The summed E-state index contributed by atoms with van der Waals surface area (Å²) in [4.78, 5) is 38.9. The lowest BCUT2D eigenvalue weighted by atomic mass is 9.80. The van der Waals surface area contributed by atoms with Crippen molar-refractivity contribution in [3.05, 3.63) is 81.9 Å². The largest absolute Gasteiger partial charge is 0.462 e. The average Bonchev–Trinajstić information content (AvgIpc) is 2.64. The number of hydrogen-bond acceptors (Lipinski definition) is 4. The minimum absolute atomic E-state index is 0.144. The maximum Gasteiger partial charge on any atom is 0.339 e. The first-order chi connectivity index (χ1) is 12.5. The van der Waals surface area contributed by atoms with Crippen molar-refractivity contribution in [1.29, 1.82) is 0 Å². The second-order valence-electron chi connectivity index (χ2n) is 6.32. The Kier molecular flexibility index (Phi) is 3.69. The number of ether oxygens (including phenoxy) is 1. The Morgan fingerprint density at radius 1 is 0.923 bits per heavy atom. The highest BCUT2D eigenvalue weighted by Gasteiger charge is 2.34. The van der Waals surface area contributed by atoms with Gasteiger partial charge < -0.3 is 4.74 Å². The van der Waals surface area contributed by atoms with E-state index in [1.54, 1.807) is 37.3 Å². The smallest absolute Gasteiger partial charge is 0.339 e. The number of benzene rings is 3. The molecule has 0 heterocycles. The zero-order valence-corrected chi connectivity index (χ0v) is 14.5. The molecule has 0 bridgehead atoms. The summed E-state index contributed by atoms with van der Waals surface area (Å²) in [6.45, 7) is 3.81. The molecule has 3 aromatic rings. The molecule has 0 saturated carbocycles. The molecule has 3 aromatic carbocycles. The summed E-state index contributed by atoms with van der Waals surface area (Å²) < 4.78 is 5.21. The van der Waals surface area contributed by atoms with Crippen molar-refractivity contribution in [2.45, 2.75) is 13.8 Å². The molecule has 0 unspecified atom stereocenters. The molecule has 128 valence electrons. The van der Waals surface area contributed by atoms with Crippen molar-refractivity contribution >= 4 is 28.3 Å². The van der Waals surface area contributed by atoms with Crippen LogP contribution in [0.15, 0.2) is 48.5 Å². The van der Waals surface area contributed by atoms with E-state index in [1.165, 1.54) is 0 Å². The van der Waals surface area contributed by atoms with Gasteiger partial charge in [-0.1, -0.05) is 48.0 Å². The van der Waals surface area contributed by atoms with Gasteiger partial charge in [0, 0.05) is 22.3 Å². The molecule has 4 heteroatoms. The van der Waals surface area contributed by atoms with Crippen molar-refractivity contribution in [3.8, 4) is 0 Å². The van der Waals surface area contributed by atoms with Gasteiger partial charge in [-0.25, -0.2) is 4.79 Å². The summed E-state index contributed by atoms with van der Waals surface area (Å²) in [6.07, 6.45) is 0. The van der Waals surface area contributed by atoms with Crippen LogP contribution >= 0.6 is 0 Å².